The fourth-order valence-electron chi connectivity index (χ4n) is 1.53. The smallest absolute Gasteiger partial charge is 0.127 e. The van der Waals surface area contributed by atoms with Crippen LogP contribution in [-0.4, -0.2) is 12.6 Å². The topological polar surface area (TPSA) is 35.2 Å². The van der Waals surface area contributed by atoms with Crippen LogP contribution in [0.4, 0.5) is 4.39 Å². The van der Waals surface area contributed by atoms with Gasteiger partial charge in [-0.2, -0.15) is 0 Å². The quantitative estimate of drug-likeness (QED) is 0.827. The van der Waals surface area contributed by atoms with Gasteiger partial charge in [-0.05, 0) is 36.5 Å². The van der Waals surface area contributed by atoms with Crippen molar-refractivity contribution < 1.29 is 9.13 Å². The first-order valence-electron chi connectivity index (χ1n) is 6.19. The van der Waals surface area contributed by atoms with Gasteiger partial charge in [0.2, 0.25) is 0 Å². The van der Waals surface area contributed by atoms with Crippen LogP contribution in [0, 0.1) is 11.7 Å². The van der Waals surface area contributed by atoms with Crippen molar-refractivity contribution in [3.05, 3.63) is 29.6 Å². The van der Waals surface area contributed by atoms with Crippen LogP contribution in [0.5, 0.6) is 5.75 Å². The monoisotopic (exact) mass is 239 g/mol. The summed E-state index contributed by atoms with van der Waals surface area (Å²) < 4.78 is 18.9. The number of rotatable bonds is 6. The van der Waals surface area contributed by atoms with Crippen LogP contribution in [0.2, 0.25) is 0 Å². The lowest BCUT2D eigenvalue weighted by Crippen LogP contribution is -2.21. The molecule has 96 valence electrons. The van der Waals surface area contributed by atoms with Gasteiger partial charge in [-0.1, -0.05) is 20.8 Å². The van der Waals surface area contributed by atoms with Crippen molar-refractivity contribution >= 4 is 0 Å². The van der Waals surface area contributed by atoms with Crippen LogP contribution in [0.1, 0.15) is 32.8 Å². The van der Waals surface area contributed by atoms with Crippen LogP contribution >= 0.6 is 0 Å². The molecule has 1 aromatic carbocycles. The van der Waals surface area contributed by atoms with Crippen molar-refractivity contribution in [2.75, 3.05) is 6.61 Å². The van der Waals surface area contributed by atoms with Gasteiger partial charge in [0, 0.05) is 12.1 Å². The summed E-state index contributed by atoms with van der Waals surface area (Å²) in [6.07, 6.45) is 1.57. The van der Waals surface area contributed by atoms with Gasteiger partial charge in [0.25, 0.3) is 0 Å². The predicted octanol–water partition coefficient (Wildman–Crippen LogP) is 3.14. The van der Waals surface area contributed by atoms with Crippen LogP contribution in [0.15, 0.2) is 18.2 Å². The molecule has 0 aromatic heterocycles. The minimum absolute atomic E-state index is 0.0785. The second kappa shape index (κ2) is 6.60. The Bertz CT molecular complexity index is 352. The fourth-order valence-corrected chi connectivity index (χ4v) is 1.53. The van der Waals surface area contributed by atoms with E-state index in [1.165, 1.54) is 12.1 Å². The van der Waals surface area contributed by atoms with Crippen LogP contribution in [0.3, 0.4) is 0 Å². The molecule has 2 N–H and O–H groups in total. The Morgan fingerprint density at radius 3 is 2.59 bits per heavy atom. The van der Waals surface area contributed by atoms with Crippen molar-refractivity contribution in [3.63, 3.8) is 0 Å². The minimum Gasteiger partial charge on any atom is -0.493 e. The number of hydrogen-bond donors (Lipinski definition) is 1. The number of halogens is 1. The van der Waals surface area contributed by atoms with Crippen LogP contribution in [0.25, 0.3) is 0 Å². The number of ether oxygens (including phenoxy) is 1. The molecule has 0 spiro atoms. The Morgan fingerprint density at radius 2 is 2.00 bits per heavy atom. The van der Waals surface area contributed by atoms with Crippen LogP contribution in [-0.2, 0) is 6.42 Å². The molecule has 1 rings (SSSR count). The highest BCUT2D eigenvalue weighted by Gasteiger charge is 2.06. The lowest BCUT2D eigenvalue weighted by molar-refractivity contribution is 0.269. The molecule has 2 nitrogen and oxygen atoms in total. The molecular formula is C14H22FNO. The predicted molar refractivity (Wildman–Crippen MR) is 68.7 cm³/mol. The second-order valence-corrected chi connectivity index (χ2v) is 4.87. The molecule has 17 heavy (non-hydrogen) atoms. The lowest BCUT2D eigenvalue weighted by Gasteiger charge is -2.12. The summed E-state index contributed by atoms with van der Waals surface area (Å²) in [5.41, 5.74) is 6.77. The van der Waals surface area contributed by atoms with Gasteiger partial charge in [0.05, 0.1) is 6.61 Å². The summed E-state index contributed by atoms with van der Waals surface area (Å²) in [6, 6.07) is 4.90. The molecule has 1 aromatic rings. The van der Waals surface area contributed by atoms with Gasteiger partial charge in [-0.15, -0.1) is 0 Å². The van der Waals surface area contributed by atoms with Crippen molar-refractivity contribution in [2.24, 2.45) is 11.7 Å². The summed E-state index contributed by atoms with van der Waals surface area (Å²) in [5, 5.41) is 0. The summed E-state index contributed by atoms with van der Waals surface area (Å²) in [6.45, 7) is 6.75. The third kappa shape index (κ3) is 5.18. The van der Waals surface area contributed by atoms with E-state index in [0.717, 1.165) is 12.0 Å². The van der Waals surface area contributed by atoms with E-state index >= 15 is 0 Å². The zero-order chi connectivity index (χ0) is 12.8. The molecule has 0 aliphatic heterocycles. The Kier molecular flexibility index (Phi) is 5.42. The van der Waals surface area contributed by atoms with Gasteiger partial charge < -0.3 is 10.5 Å². The first-order valence-corrected chi connectivity index (χ1v) is 6.19. The molecule has 3 heteroatoms. The molecule has 0 amide bonds. The molecule has 0 saturated heterocycles. The largest absolute Gasteiger partial charge is 0.493 e. The third-order valence-corrected chi connectivity index (χ3v) is 2.54. The highest BCUT2D eigenvalue weighted by atomic mass is 19.1. The van der Waals surface area contributed by atoms with Gasteiger partial charge >= 0.3 is 0 Å². The summed E-state index contributed by atoms with van der Waals surface area (Å²) in [4.78, 5) is 0. The van der Waals surface area contributed by atoms with Gasteiger partial charge in [0.1, 0.15) is 11.6 Å². The summed E-state index contributed by atoms with van der Waals surface area (Å²) in [7, 11) is 0. The Labute approximate surface area is 103 Å². The van der Waals surface area contributed by atoms with Crippen molar-refractivity contribution in [1.82, 2.24) is 0 Å². The fraction of sp³-hybridized carbons (Fsp3) is 0.571. The van der Waals surface area contributed by atoms with Crippen molar-refractivity contribution in [3.8, 4) is 5.75 Å². The van der Waals surface area contributed by atoms with Gasteiger partial charge in [0.15, 0.2) is 0 Å². The van der Waals surface area contributed by atoms with E-state index in [9.17, 15) is 4.39 Å². The normalized spacial score (nSPS) is 12.8. The third-order valence-electron chi connectivity index (χ3n) is 2.54. The number of hydrogen-bond acceptors (Lipinski definition) is 2. The molecule has 0 fully saturated rings. The first kappa shape index (κ1) is 14.0. The molecule has 0 bridgehead atoms. The number of benzene rings is 1. The zero-order valence-corrected chi connectivity index (χ0v) is 10.9. The van der Waals surface area contributed by atoms with E-state index in [0.29, 0.717) is 24.7 Å². The molecule has 0 aliphatic rings. The maximum Gasteiger partial charge on any atom is 0.127 e. The van der Waals surface area contributed by atoms with Crippen molar-refractivity contribution in [1.29, 1.82) is 0 Å². The summed E-state index contributed by atoms with van der Waals surface area (Å²) in [5.74, 6) is 0.765. The maximum absolute atomic E-state index is 13.4. The zero-order valence-electron chi connectivity index (χ0n) is 10.9. The molecular weight excluding hydrogens is 217 g/mol. The average molecular weight is 239 g/mol. The Hall–Kier alpha value is -1.09. The first-order chi connectivity index (χ1) is 8.01. The molecule has 1 atom stereocenters. The highest BCUT2D eigenvalue weighted by molar-refractivity contribution is 5.30. The van der Waals surface area contributed by atoms with E-state index in [1.54, 1.807) is 0 Å². The van der Waals surface area contributed by atoms with Crippen molar-refractivity contribution in [2.45, 2.75) is 39.7 Å². The molecule has 0 radical (unpaired) electrons. The SMILES string of the molecule is CCC(N)Cc1cc(F)cc(OCC(C)C)c1. The molecule has 0 aliphatic carbocycles. The van der Waals surface area contributed by atoms with E-state index in [4.69, 9.17) is 10.5 Å². The van der Waals surface area contributed by atoms with Crippen LogP contribution < -0.4 is 10.5 Å². The minimum atomic E-state index is -0.260. The van der Waals surface area contributed by atoms with Gasteiger partial charge in [-0.25, -0.2) is 4.39 Å². The van der Waals surface area contributed by atoms with E-state index < -0.39 is 0 Å². The summed E-state index contributed by atoms with van der Waals surface area (Å²) >= 11 is 0. The average Bonchev–Trinajstić information content (AvgIpc) is 2.25. The molecule has 0 saturated carbocycles. The standard InChI is InChI=1S/C14H22FNO/c1-4-13(16)6-11-5-12(15)8-14(7-11)17-9-10(2)3/h5,7-8,10,13H,4,6,9,16H2,1-3H3. The second-order valence-electron chi connectivity index (χ2n) is 4.87. The Morgan fingerprint density at radius 1 is 1.29 bits per heavy atom. The highest BCUT2D eigenvalue weighted by Crippen LogP contribution is 2.18. The van der Waals surface area contributed by atoms with Gasteiger partial charge in [-0.3, -0.25) is 0 Å². The molecule has 0 heterocycles. The van der Waals surface area contributed by atoms with E-state index in [2.05, 4.69) is 13.8 Å². The van der Waals surface area contributed by atoms with E-state index in [-0.39, 0.29) is 11.9 Å². The Balaban J connectivity index is 2.72. The van der Waals surface area contributed by atoms with E-state index in [1.807, 2.05) is 13.0 Å². The number of nitrogens with two attached hydrogens (primary N) is 1. The lowest BCUT2D eigenvalue weighted by atomic mass is 10.0. The maximum atomic E-state index is 13.4. The molecule has 1 unspecified atom stereocenters.